The highest BCUT2D eigenvalue weighted by Crippen LogP contribution is 2.39. The Morgan fingerprint density at radius 3 is 2.55 bits per heavy atom. The predicted octanol–water partition coefficient (Wildman–Crippen LogP) is 6.03. The Morgan fingerprint density at radius 1 is 0.975 bits per heavy atom. The van der Waals surface area contributed by atoms with Crippen molar-refractivity contribution in [2.24, 2.45) is 0 Å². The van der Waals surface area contributed by atoms with Crippen LogP contribution >= 0.6 is 0 Å². The zero-order valence-electron chi connectivity index (χ0n) is 21.9. The molecule has 3 aromatic carbocycles. The molecule has 8 nitrogen and oxygen atoms in total. The molecule has 0 bridgehead atoms. The van der Waals surface area contributed by atoms with Crippen molar-refractivity contribution in [3.63, 3.8) is 0 Å². The third-order valence-corrected chi connectivity index (χ3v) is 7.05. The van der Waals surface area contributed by atoms with Crippen molar-refractivity contribution < 1.29 is 18.7 Å². The van der Waals surface area contributed by atoms with Crippen LogP contribution in [0, 0.1) is 12.7 Å². The van der Waals surface area contributed by atoms with E-state index in [1.807, 2.05) is 70.9 Å². The van der Waals surface area contributed by atoms with Gasteiger partial charge in [0.15, 0.2) is 0 Å². The number of nitrogens with one attached hydrogen (secondary N) is 1. The van der Waals surface area contributed by atoms with E-state index in [9.17, 15) is 14.0 Å². The van der Waals surface area contributed by atoms with Gasteiger partial charge in [-0.25, -0.2) is 18.7 Å². The monoisotopic (exact) mass is 535 g/mol. The van der Waals surface area contributed by atoms with Crippen molar-refractivity contribution in [3.05, 3.63) is 131 Å². The summed E-state index contributed by atoms with van der Waals surface area (Å²) in [6.07, 6.45) is 1.93. The second-order valence-electron chi connectivity index (χ2n) is 9.53. The SMILES string of the molecule is COC(=O)c1cccc(NC(=O)N2Cc3c(C)nn(-c4ccccc4)c3-n3cccc3[C@@H]2c2cccc(F)c2)c1. The van der Waals surface area contributed by atoms with Crippen LogP contribution < -0.4 is 5.32 Å². The molecule has 0 radical (unpaired) electrons. The highest BCUT2D eigenvalue weighted by atomic mass is 19.1. The second-order valence-corrected chi connectivity index (χ2v) is 9.53. The summed E-state index contributed by atoms with van der Waals surface area (Å²) in [5.41, 5.74) is 4.66. The summed E-state index contributed by atoms with van der Waals surface area (Å²) in [5, 5.41) is 7.77. The quantitative estimate of drug-likeness (QED) is 0.285. The Bertz CT molecular complexity index is 1730. The van der Waals surface area contributed by atoms with E-state index in [2.05, 4.69) is 5.32 Å². The van der Waals surface area contributed by atoms with Gasteiger partial charge >= 0.3 is 12.0 Å². The maximum atomic E-state index is 14.5. The number of halogens is 1. The molecule has 3 heterocycles. The summed E-state index contributed by atoms with van der Waals surface area (Å²) in [6, 6.07) is 25.4. The number of methoxy groups -OCH3 is 1. The van der Waals surface area contributed by atoms with Gasteiger partial charge in [-0.2, -0.15) is 5.10 Å². The number of aryl methyl sites for hydroxylation is 1. The summed E-state index contributed by atoms with van der Waals surface area (Å²) in [6.45, 7) is 2.12. The first kappa shape index (κ1) is 25.1. The maximum Gasteiger partial charge on any atom is 0.337 e. The number of benzene rings is 3. The summed E-state index contributed by atoms with van der Waals surface area (Å²) >= 11 is 0. The molecule has 0 spiro atoms. The number of carbonyl (C=O) groups is 2. The number of nitrogens with zero attached hydrogens (tertiary/aromatic N) is 4. The molecule has 0 unspecified atom stereocenters. The summed E-state index contributed by atoms with van der Waals surface area (Å²) in [7, 11) is 1.30. The Labute approximate surface area is 230 Å². The minimum atomic E-state index is -0.620. The molecule has 200 valence electrons. The number of rotatable bonds is 4. The maximum absolute atomic E-state index is 14.5. The number of amides is 2. The molecule has 2 amide bonds. The van der Waals surface area contributed by atoms with Crippen LogP contribution in [0.25, 0.3) is 11.5 Å². The van der Waals surface area contributed by atoms with Crippen LogP contribution in [0.5, 0.6) is 0 Å². The normalized spacial score (nSPS) is 14.2. The van der Waals surface area contributed by atoms with Crippen molar-refractivity contribution in [2.75, 3.05) is 12.4 Å². The van der Waals surface area contributed by atoms with Gasteiger partial charge in [-0.3, -0.25) is 0 Å². The fourth-order valence-electron chi connectivity index (χ4n) is 5.21. The summed E-state index contributed by atoms with van der Waals surface area (Å²) in [5.74, 6) is -0.0850. The van der Waals surface area contributed by atoms with Crippen molar-refractivity contribution in [1.82, 2.24) is 19.2 Å². The molecule has 0 saturated heterocycles. The van der Waals surface area contributed by atoms with Crippen LogP contribution in [0.15, 0.2) is 97.2 Å². The molecular weight excluding hydrogens is 509 g/mol. The van der Waals surface area contributed by atoms with Crippen LogP contribution in [-0.4, -0.2) is 38.4 Å². The molecular formula is C31H26FN5O3. The molecule has 1 aliphatic heterocycles. The van der Waals surface area contributed by atoms with Gasteiger partial charge in [0.1, 0.15) is 11.6 Å². The van der Waals surface area contributed by atoms with Gasteiger partial charge in [-0.1, -0.05) is 36.4 Å². The van der Waals surface area contributed by atoms with Gasteiger partial charge in [0, 0.05) is 17.4 Å². The van der Waals surface area contributed by atoms with E-state index in [0.29, 0.717) is 16.8 Å². The number of ether oxygens (including phenoxy) is 1. The number of hydrogen-bond donors (Lipinski definition) is 1. The van der Waals surface area contributed by atoms with Crippen LogP contribution in [0.3, 0.4) is 0 Å². The van der Waals surface area contributed by atoms with E-state index < -0.39 is 23.9 Å². The first-order chi connectivity index (χ1) is 19.4. The molecule has 1 aliphatic rings. The third kappa shape index (κ3) is 4.41. The number of carbonyl (C=O) groups excluding carboxylic acids is 2. The Morgan fingerprint density at radius 2 is 1.77 bits per heavy atom. The van der Waals surface area contributed by atoms with E-state index in [1.165, 1.54) is 19.2 Å². The van der Waals surface area contributed by atoms with Gasteiger partial charge in [0.05, 0.1) is 42.3 Å². The lowest BCUT2D eigenvalue weighted by atomic mass is 10.0. The predicted molar refractivity (Wildman–Crippen MR) is 148 cm³/mol. The fraction of sp³-hybridized carbons (Fsp3) is 0.129. The molecule has 6 rings (SSSR count). The largest absolute Gasteiger partial charge is 0.465 e. The molecule has 40 heavy (non-hydrogen) atoms. The standard InChI is InChI=1S/C31H26FN5O3/c1-20-26-19-36(31(39)33-24-12-7-10-22(18-24)30(38)40-2)28(21-9-6-11-23(32)17-21)27-15-8-16-35(27)29(26)37(34-20)25-13-4-3-5-14-25/h3-18,28H,19H2,1-2H3,(H,33,39)/t28-/m0/s1. The number of anilines is 1. The fourth-order valence-corrected chi connectivity index (χ4v) is 5.21. The minimum Gasteiger partial charge on any atom is -0.465 e. The van der Waals surface area contributed by atoms with E-state index in [4.69, 9.17) is 9.84 Å². The first-order valence-corrected chi connectivity index (χ1v) is 12.8. The van der Waals surface area contributed by atoms with Crippen LogP contribution in [0.1, 0.15) is 38.9 Å². The first-order valence-electron chi connectivity index (χ1n) is 12.8. The smallest absolute Gasteiger partial charge is 0.337 e. The number of urea groups is 1. The molecule has 0 fully saturated rings. The zero-order chi connectivity index (χ0) is 27.8. The van der Waals surface area contributed by atoms with Crippen LogP contribution in [0.2, 0.25) is 0 Å². The van der Waals surface area contributed by atoms with Gasteiger partial charge in [0.2, 0.25) is 0 Å². The van der Waals surface area contributed by atoms with Crippen LogP contribution in [0.4, 0.5) is 14.9 Å². The minimum absolute atomic E-state index is 0.208. The Hall–Kier alpha value is -5.18. The third-order valence-electron chi connectivity index (χ3n) is 7.05. The Kier molecular flexibility index (Phi) is 6.39. The molecule has 5 aromatic rings. The van der Waals surface area contributed by atoms with Crippen molar-refractivity contribution in [3.8, 4) is 11.5 Å². The van der Waals surface area contributed by atoms with Gasteiger partial charge < -0.3 is 19.5 Å². The average molecular weight is 536 g/mol. The highest BCUT2D eigenvalue weighted by Gasteiger charge is 2.36. The number of para-hydroxylation sites is 1. The molecule has 2 aromatic heterocycles. The highest BCUT2D eigenvalue weighted by molar-refractivity contribution is 5.94. The average Bonchev–Trinajstić information content (AvgIpc) is 3.53. The van der Waals surface area contributed by atoms with Gasteiger partial charge in [0.25, 0.3) is 0 Å². The van der Waals surface area contributed by atoms with E-state index in [-0.39, 0.29) is 6.54 Å². The Balaban J connectivity index is 1.50. The molecule has 0 saturated carbocycles. The summed E-state index contributed by atoms with van der Waals surface area (Å²) in [4.78, 5) is 27.8. The van der Waals surface area contributed by atoms with E-state index in [0.717, 1.165) is 28.5 Å². The lowest BCUT2D eigenvalue weighted by Gasteiger charge is -2.31. The number of esters is 1. The molecule has 1 N–H and O–H groups in total. The van der Waals surface area contributed by atoms with Crippen LogP contribution in [-0.2, 0) is 11.3 Å². The molecule has 1 atom stereocenters. The number of hydrogen-bond acceptors (Lipinski definition) is 4. The second kappa shape index (κ2) is 10.2. The lowest BCUT2D eigenvalue weighted by molar-refractivity contribution is 0.0600. The van der Waals surface area contributed by atoms with Crippen molar-refractivity contribution in [1.29, 1.82) is 0 Å². The van der Waals surface area contributed by atoms with Crippen molar-refractivity contribution in [2.45, 2.75) is 19.5 Å². The van der Waals surface area contributed by atoms with Gasteiger partial charge in [-0.05, 0) is 67.1 Å². The molecule has 0 aliphatic carbocycles. The van der Waals surface area contributed by atoms with Crippen molar-refractivity contribution >= 4 is 17.7 Å². The van der Waals surface area contributed by atoms with E-state index in [1.54, 1.807) is 35.2 Å². The summed E-state index contributed by atoms with van der Waals surface area (Å²) < 4.78 is 23.2. The zero-order valence-corrected chi connectivity index (χ0v) is 21.9. The number of fused-ring (bicyclic) bond motifs is 3. The van der Waals surface area contributed by atoms with Gasteiger partial charge in [-0.15, -0.1) is 0 Å². The van der Waals surface area contributed by atoms with E-state index >= 15 is 0 Å². The topological polar surface area (TPSA) is 81.4 Å². The lowest BCUT2D eigenvalue weighted by Crippen LogP contribution is -2.38. The molecule has 9 heteroatoms. The number of aromatic nitrogens is 3.